The molecule has 1 aromatic rings. The maximum atomic E-state index is 12.2. The molecule has 0 saturated heterocycles. The number of alkyl halides is 2. The Balaban J connectivity index is 2.86. The number of halogens is 2. The van der Waals surface area contributed by atoms with Crippen LogP contribution in [0, 0.1) is 0 Å². The van der Waals surface area contributed by atoms with Crippen molar-refractivity contribution in [3.63, 3.8) is 0 Å². The van der Waals surface area contributed by atoms with Gasteiger partial charge in [-0.3, -0.25) is 4.18 Å². The fourth-order valence-corrected chi connectivity index (χ4v) is 2.37. The summed E-state index contributed by atoms with van der Waals surface area (Å²) in [5.41, 5.74) is -0.165. The molecule has 0 aromatic heterocycles. The number of amides is 1. The molecule has 0 spiro atoms. The van der Waals surface area contributed by atoms with E-state index in [9.17, 15) is 22.0 Å². The topological polar surface area (TPSA) is 90.9 Å². The molecule has 0 fully saturated rings. The number of alkyl carbamates (subject to hydrolysis) is 1. The lowest BCUT2D eigenvalue weighted by Gasteiger charge is -2.24. The van der Waals surface area contributed by atoms with Gasteiger partial charge < -0.3 is 14.8 Å². The summed E-state index contributed by atoms with van der Waals surface area (Å²) in [5.74, 6) is -0.0350. The second kappa shape index (κ2) is 9.13. The van der Waals surface area contributed by atoms with Gasteiger partial charge in [-0.25, -0.2) is 4.79 Å². The van der Waals surface area contributed by atoms with E-state index in [1.54, 1.807) is 20.8 Å². The molecule has 0 saturated carbocycles. The van der Waals surface area contributed by atoms with Crippen molar-refractivity contribution in [2.45, 2.75) is 45.4 Å². The number of hydrogen-bond acceptors (Lipinski definition) is 6. The first-order valence-electron chi connectivity index (χ1n) is 7.74. The van der Waals surface area contributed by atoms with Crippen LogP contribution >= 0.6 is 0 Å². The van der Waals surface area contributed by atoms with Gasteiger partial charge in [0.25, 0.3) is 10.1 Å². The summed E-state index contributed by atoms with van der Waals surface area (Å²) in [6, 6.07) is 4.97. The Morgan fingerprint density at radius 2 is 1.77 bits per heavy atom. The molecule has 26 heavy (non-hydrogen) atoms. The van der Waals surface area contributed by atoms with E-state index in [0.717, 1.165) is 6.26 Å². The third-order valence-corrected chi connectivity index (χ3v) is 3.50. The molecule has 0 heterocycles. The second-order valence-corrected chi connectivity index (χ2v) is 8.11. The monoisotopic (exact) mass is 395 g/mol. The molecule has 10 heteroatoms. The second-order valence-electron chi connectivity index (χ2n) is 6.46. The highest BCUT2D eigenvalue weighted by molar-refractivity contribution is 7.85. The highest BCUT2D eigenvalue weighted by Gasteiger charge is 2.21. The van der Waals surface area contributed by atoms with Crippen molar-refractivity contribution in [1.29, 1.82) is 0 Å². The van der Waals surface area contributed by atoms with Crippen LogP contribution in [0.25, 0.3) is 0 Å². The normalized spacial score (nSPS) is 13.3. The first kappa shape index (κ1) is 22.1. The van der Waals surface area contributed by atoms with Crippen molar-refractivity contribution >= 4 is 16.2 Å². The molecule has 0 bridgehead atoms. The van der Waals surface area contributed by atoms with Gasteiger partial charge in [0.2, 0.25) is 0 Å². The quantitative estimate of drug-likeness (QED) is 0.680. The molecule has 148 valence electrons. The van der Waals surface area contributed by atoms with Crippen LogP contribution in [-0.2, 0) is 19.0 Å². The molecular formula is C16H23F2NO6S. The Hall–Kier alpha value is -1.94. The molecule has 1 aromatic carbocycles. The van der Waals surface area contributed by atoms with Crippen molar-refractivity contribution < 1.29 is 35.6 Å². The van der Waals surface area contributed by atoms with E-state index in [0.29, 0.717) is 5.56 Å². The Morgan fingerprint density at radius 3 is 2.23 bits per heavy atom. The summed E-state index contributed by atoms with van der Waals surface area (Å²) in [7, 11) is -3.63. The average molecular weight is 395 g/mol. The SMILES string of the molecule is CC(C)(C)OC(=O)N[C@H](CCOS(C)(=O)=O)c1ccc(OC(F)F)cc1. The highest BCUT2D eigenvalue weighted by atomic mass is 32.2. The van der Waals surface area contributed by atoms with Gasteiger partial charge in [0, 0.05) is 0 Å². The zero-order valence-electron chi connectivity index (χ0n) is 15.0. The number of hydrogen-bond donors (Lipinski definition) is 1. The van der Waals surface area contributed by atoms with Crippen molar-refractivity contribution in [2.24, 2.45) is 0 Å². The van der Waals surface area contributed by atoms with E-state index in [-0.39, 0.29) is 18.8 Å². The lowest BCUT2D eigenvalue weighted by molar-refractivity contribution is -0.0498. The molecule has 1 rings (SSSR count). The summed E-state index contributed by atoms with van der Waals surface area (Å²) in [6.45, 7) is 1.98. The number of benzene rings is 1. The lowest BCUT2D eigenvalue weighted by Crippen LogP contribution is -2.35. The van der Waals surface area contributed by atoms with E-state index in [4.69, 9.17) is 8.92 Å². The fourth-order valence-electron chi connectivity index (χ4n) is 1.97. The molecule has 0 aliphatic heterocycles. The summed E-state index contributed by atoms with van der Waals surface area (Å²) in [6.07, 6.45) is 0.344. The van der Waals surface area contributed by atoms with Crippen LogP contribution in [0.3, 0.4) is 0 Å². The van der Waals surface area contributed by atoms with E-state index >= 15 is 0 Å². The molecule has 1 atom stereocenters. The number of nitrogens with one attached hydrogen (secondary N) is 1. The van der Waals surface area contributed by atoms with Crippen LogP contribution in [0.2, 0.25) is 0 Å². The standard InChI is InChI=1S/C16H23F2NO6S/c1-16(2,3)25-15(20)19-13(9-10-23-26(4,21)22)11-5-7-12(8-6-11)24-14(17)18/h5-8,13-14H,9-10H2,1-4H3,(H,19,20)/t13-/m1/s1. The van der Waals surface area contributed by atoms with Crippen molar-refractivity contribution in [2.75, 3.05) is 12.9 Å². The zero-order valence-corrected chi connectivity index (χ0v) is 15.8. The Labute approximate surface area is 151 Å². The third-order valence-electron chi connectivity index (χ3n) is 2.90. The molecule has 0 radical (unpaired) electrons. The first-order chi connectivity index (χ1) is 11.9. The van der Waals surface area contributed by atoms with Gasteiger partial charge in [-0.15, -0.1) is 0 Å². The van der Waals surface area contributed by atoms with E-state index < -0.39 is 34.5 Å². The van der Waals surface area contributed by atoms with Crippen LogP contribution in [0.5, 0.6) is 5.75 Å². The summed E-state index contributed by atoms with van der Waals surface area (Å²) < 4.78 is 60.8. The smallest absolute Gasteiger partial charge is 0.408 e. The predicted molar refractivity (Wildman–Crippen MR) is 90.6 cm³/mol. The van der Waals surface area contributed by atoms with Gasteiger partial charge in [0.15, 0.2) is 0 Å². The number of carbonyl (C=O) groups is 1. The highest BCUT2D eigenvalue weighted by Crippen LogP contribution is 2.22. The van der Waals surface area contributed by atoms with Crippen LogP contribution < -0.4 is 10.1 Å². The predicted octanol–water partition coefficient (Wildman–Crippen LogP) is 3.22. The van der Waals surface area contributed by atoms with Crippen LogP contribution in [0.1, 0.15) is 38.8 Å². The van der Waals surface area contributed by atoms with Gasteiger partial charge >= 0.3 is 12.7 Å². The van der Waals surface area contributed by atoms with E-state index in [1.165, 1.54) is 24.3 Å². The Bertz CT molecular complexity index is 686. The molecule has 1 amide bonds. The Morgan fingerprint density at radius 1 is 1.19 bits per heavy atom. The minimum atomic E-state index is -3.63. The molecule has 0 unspecified atom stereocenters. The van der Waals surface area contributed by atoms with Crippen LogP contribution in [0.15, 0.2) is 24.3 Å². The summed E-state index contributed by atoms with van der Waals surface area (Å²) in [5, 5.41) is 2.61. The average Bonchev–Trinajstić information content (AvgIpc) is 2.43. The van der Waals surface area contributed by atoms with Gasteiger partial charge in [0.05, 0.1) is 18.9 Å². The summed E-state index contributed by atoms with van der Waals surface area (Å²) >= 11 is 0. The van der Waals surface area contributed by atoms with E-state index in [1.807, 2.05) is 0 Å². The zero-order chi connectivity index (χ0) is 20.0. The van der Waals surface area contributed by atoms with Crippen molar-refractivity contribution in [3.8, 4) is 5.75 Å². The lowest BCUT2D eigenvalue weighted by atomic mass is 10.0. The molecule has 1 N–H and O–H groups in total. The number of ether oxygens (including phenoxy) is 2. The minimum Gasteiger partial charge on any atom is -0.444 e. The molecule has 0 aliphatic rings. The van der Waals surface area contributed by atoms with Crippen LogP contribution in [-0.4, -0.2) is 39.6 Å². The largest absolute Gasteiger partial charge is 0.444 e. The van der Waals surface area contributed by atoms with Gasteiger partial charge in [0.1, 0.15) is 11.4 Å². The van der Waals surface area contributed by atoms with Crippen molar-refractivity contribution in [3.05, 3.63) is 29.8 Å². The number of rotatable bonds is 8. The molecule has 0 aliphatic carbocycles. The summed E-state index contributed by atoms with van der Waals surface area (Å²) in [4.78, 5) is 12.0. The van der Waals surface area contributed by atoms with Gasteiger partial charge in [-0.05, 0) is 44.9 Å². The minimum absolute atomic E-state index is 0.0350. The van der Waals surface area contributed by atoms with E-state index in [2.05, 4.69) is 10.1 Å². The van der Waals surface area contributed by atoms with Crippen molar-refractivity contribution in [1.82, 2.24) is 5.32 Å². The number of carbonyl (C=O) groups excluding carboxylic acids is 1. The van der Waals surface area contributed by atoms with Crippen LogP contribution in [0.4, 0.5) is 13.6 Å². The van der Waals surface area contributed by atoms with Gasteiger partial charge in [-0.2, -0.15) is 17.2 Å². The first-order valence-corrected chi connectivity index (χ1v) is 9.56. The maximum Gasteiger partial charge on any atom is 0.408 e. The Kier molecular flexibility index (Phi) is 7.76. The molecular weight excluding hydrogens is 372 g/mol. The third kappa shape index (κ3) is 9.52. The maximum absolute atomic E-state index is 12.2. The molecule has 7 nitrogen and oxygen atoms in total. The van der Waals surface area contributed by atoms with Gasteiger partial charge in [-0.1, -0.05) is 12.1 Å². The fraction of sp³-hybridized carbons (Fsp3) is 0.562.